The van der Waals surface area contributed by atoms with Crippen LogP contribution in [-0.4, -0.2) is 62.2 Å². The Morgan fingerprint density at radius 1 is 1.09 bits per heavy atom. The maximum absolute atomic E-state index is 13.6. The molecule has 0 bridgehead atoms. The predicted molar refractivity (Wildman–Crippen MR) is 136 cm³/mol. The average molecular weight is 527 g/mol. The third-order valence-corrected chi connectivity index (χ3v) is 7.60. The minimum Gasteiger partial charge on any atom is -0.352 e. The van der Waals surface area contributed by atoms with E-state index in [4.69, 9.17) is 11.6 Å². The smallest absolute Gasteiger partial charge is 0.304 e. The van der Waals surface area contributed by atoms with Gasteiger partial charge in [0.1, 0.15) is 18.4 Å². The highest BCUT2D eigenvalue weighted by molar-refractivity contribution is 7.90. The number of carbonyl (C=O) groups is 2. The van der Waals surface area contributed by atoms with Gasteiger partial charge in [-0.3, -0.25) is 9.59 Å². The lowest BCUT2D eigenvalue weighted by atomic mass is 10.1. The summed E-state index contributed by atoms with van der Waals surface area (Å²) in [6.45, 7) is 4.81. The van der Waals surface area contributed by atoms with Crippen molar-refractivity contribution in [2.75, 3.05) is 24.9 Å². The van der Waals surface area contributed by atoms with Gasteiger partial charge in [0.2, 0.25) is 11.8 Å². The van der Waals surface area contributed by atoms with Gasteiger partial charge in [-0.25, -0.2) is 8.70 Å². The van der Waals surface area contributed by atoms with Gasteiger partial charge in [-0.1, -0.05) is 30.7 Å². The Hall–Kier alpha value is -2.69. The quantitative estimate of drug-likeness (QED) is 0.486. The second kappa shape index (κ2) is 12.3. The number of nitrogens with zero attached hydrogens (tertiary/aromatic N) is 3. The fourth-order valence-corrected chi connectivity index (χ4v) is 4.47. The van der Waals surface area contributed by atoms with Crippen molar-refractivity contribution in [3.05, 3.63) is 64.9 Å². The highest BCUT2D eigenvalue weighted by Gasteiger charge is 2.32. The molecule has 1 N–H and O–H groups in total. The zero-order chi connectivity index (χ0) is 26.3. The molecule has 0 aromatic heterocycles. The Labute approximate surface area is 211 Å². The van der Waals surface area contributed by atoms with E-state index in [1.165, 1.54) is 31.1 Å². The van der Waals surface area contributed by atoms with Crippen LogP contribution in [-0.2, 0) is 26.3 Å². The molecule has 2 aromatic rings. The molecule has 0 spiro atoms. The Bertz CT molecular complexity index is 1130. The van der Waals surface area contributed by atoms with Gasteiger partial charge in [0, 0.05) is 31.7 Å². The van der Waals surface area contributed by atoms with E-state index in [0.29, 0.717) is 17.0 Å². The number of nitrogens with one attached hydrogen (secondary N) is 1. The molecule has 0 aliphatic rings. The normalized spacial score (nSPS) is 13.3. The first-order chi connectivity index (χ1) is 16.4. The minimum absolute atomic E-state index is 0.0355. The molecule has 11 heteroatoms. The second-order valence-electron chi connectivity index (χ2n) is 8.42. The summed E-state index contributed by atoms with van der Waals surface area (Å²) < 4.78 is 41.5. The number of hydrogen-bond donors (Lipinski definition) is 1. The van der Waals surface area contributed by atoms with Crippen molar-refractivity contribution >= 4 is 39.3 Å². The van der Waals surface area contributed by atoms with Crippen LogP contribution in [0.4, 0.5) is 10.1 Å². The minimum atomic E-state index is -4.11. The Morgan fingerprint density at radius 3 is 2.26 bits per heavy atom. The summed E-state index contributed by atoms with van der Waals surface area (Å²) in [5.74, 6) is -1.51. The van der Waals surface area contributed by atoms with Crippen LogP contribution in [0.25, 0.3) is 0 Å². The molecule has 0 saturated heterocycles. The highest BCUT2D eigenvalue weighted by Crippen LogP contribution is 2.22. The van der Waals surface area contributed by atoms with Crippen molar-refractivity contribution in [3.8, 4) is 0 Å². The molecule has 192 valence electrons. The van der Waals surface area contributed by atoms with Gasteiger partial charge in [-0.15, -0.1) is 0 Å². The summed E-state index contributed by atoms with van der Waals surface area (Å²) in [5.41, 5.74) is 0.797. The maximum atomic E-state index is 13.6. The zero-order valence-corrected chi connectivity index (χ0v) is 22.1. The molecule has 0 saturated carbocycles. The predicted octanol–water partition coefficient (Wildman–Crippen LogP) is 3.42. The molecule has 2 amide bonds. The van der Waals surface area contributed by atoms with Crippen molar-refractivity contribution in [3.63, 3.8) is 0 Å². The molecular formula is C24H32ClFN4O4S. The van der Waals surface area contributed by atoms with E-state index in [9.17, 15) is 22.4 Å². The van der Waals surface area contributed by atoms with Crippen molar-refractivity contribution in [2.24, 2.45) is 0 Å². The summed E-state index contributed by atoms with van der Waals surface area (Å²) in [4.78, 5) is 27.8. The third-order valence-electron chi connectivity index (χ3n) is 5.54. The summed E-state index contributed by atoms with van der Waals surface area (Å²) in [6, 6.07) is 10.7. The molecule has 2 rings (SSSR count). The van der Waals surface area contributed by atoms with Crippen LogP contribution in [0.5, 0.6) is 0 Å². The monoisotopic (exact) mass is 526 g/mol. The molecular weight excluding hydrogens is 495 g/mol. The van der Waals surface area contributed by atoms with Crippen LogP contribution in [0.1, 0.15) is 32.8 Å². The summed E-state index contributed by atoms with van der Waals surface area (Å²) in [6.07, 6.45) is 0.708. The molecule has 8 nitrogen and oxygen atoms in total. The van der Waals surface area contributed by atoms with E-state index in [1.54, 1.807) is 31.2 Å². The summed E-state index contributed by atoms with van der Waals surface area (Å²) in [7, 11) is -1.44. The van der Waals surface area contributed by atoms with E-state index >= 15 is 0 Å². The standard InChI is InChI=1S/C24H32ClFN4O4S/c1-6-17(2)27-24(32)18(3)29(15-19-8-7-9-20(25)14-19)23(31)16-30(35(33,34)28(4)5)22-12-10-21(26)11-13-22/h7-14,17-18H,6,15-16H2,1-5H3,(H,27,32). The van der Waals surface area contributed by atoms with Crippen LogP contribution in [0.3, 0.4) is 0 Å². The number of hydrogen-bond acceptors (Lipinski definition) is 4. The Kier molecular flexibility index (Phi) is 10.1. The first kappa shape index (κ1) is 28.5. The molecule has 2 aromatic carbocycles. The summed E-state index contributed by atoms with van der Waals surface area (Å²) in [5, 5.41) is 3.33. The molecule has 0 aliphatic carbocycles. The van der Waals surface area contributed by atoms with E-state index in [1.807, 2.05) is 13.8 Å². The van der Waals surface area contributed by atoms with Crippen molar-refractivity contribution in [1.82, 2.24) is 14.5 Å². The highest BCUT2D eigenvalue weighted by atomic mass is 35.5. The third kappa shape index (κ3) is 7.65. The van der Waals surface area contributed by atoms with Gasteiger partial charge in [0.05, 0.1) is 5.69 Å². The van der Waals surface area contributed by atoms with Gasteiger partial charge in [0.25, 0.3) is 0 Å². The zero-order valence-electron chi connectivity index (χ0n) is 20.5. The van der Waals surface area contributed by atoms with Crippen molar-refractivity contribution in [2.45, 2.75) is 45.8 Å². The van der Waals surface area contributed by atoms with Gasteiger partial charge >= 0.3 is 10.2 Å². The largest absolute Gasteiger partial charge is 0.352 e. The van der Waals surface area contributed by atoms with Gasteiger partial charge in [0.15, 0.2) is 0 Å². The van der Waals surface area contributed by atoms with Crippen molar-refractivity contribution < 1.29 is 22.4 Å². The first-order valence-electron chi connectivity index (χ1n) is 11.2. The van der Waals surface area contributed by atoms with Crippen molar-refractivity contribution in [1.29, 1.82) is 0 Å². The SMILES string of the molecule is CCC(C)NC(=O)C(C)N(Cc1cccc(Cl)c1)C(=O)CN(c1ccc(F)cc1)S(=O)(=O)N(C)C. The lowest BCUT2D eigenvalue weighted by molar-refractivity contribution is -0.139. The number of halogens is 2. The lowest BCUT2D eigenvalue weighted by Crippen LogP contribution is -2.53. The van der Waals surface area contributed by atoms with E-state index in [0.717, 1.165) is 20.7 Å². The summed E-state index contributed by atoms with van der Waals surface area (Å²) >= 11 is 6.10. The van der Waals surface area contributed by atoms with Crippen LogP contribution in [0.2, 0.25) is 5.02 Å². The molecule has 0 radical (unpaired) electrons. The Morgan fingerprint density at radius 2 is 1.71 bits per heavy atom. The van der Waals surface area contributed by atoms with Gasteiger partial charge in [-0.2, -0.15) is 12.7 Å². The number of rotatable bonds is 11. The molecule has 0 fully saturated rings. The molecule has 0 aliphatic heterocycles. The van der Waals surface area contributed by atoms with Crippen LogP contribution in [0, 0.1) is 5.82 Å². The number of amides is 2. The topological polar surface area (TPSA) is 90.0 Å². The van der Waals surface area contributed by atoms with E-state index in [-0.39, 0.29) is 24.2 Å². The fourth-order valence-electron chi connectivity index (χ4n) is 3.20. The van der Waals surface area contributed by atoms with Gasteiger partial charge in [-0.05, 0) is 62.2 Å². The second-order valence-corrected chi connectivity index (χ2v) is 10.9. The number of carbonyl (C=O) groups excluding carboxylic acids is 2. The van der Waals surface area contributed by atoms with E-state index in [2.05, 4.69) is 5.32 Å². The van der Waals surface area contributed by atoms with Crippen LogP contribution >= 0.6 is 11.6 Å². The lowest BCUT2D eigenvalue weighted by Gasteiger charge is -2.33. The van der Waals surface area contributed by atoms with Crippen LogP contribution in [0.15, 0.2) is 48.5 Å². The first-order valence-corrected chi connectivity index (χ1v) is 12.9. The van der Waals surface area contributed by atoms with Gasteiger partial charge < -0.3 is 10.2 Å². The Balaban J connectivity index is 2.44. The maximum Gasteiger partial charge on any atom is 0.304 e. The molecule has 2 atom stereocenters. The molecule has 0 heterocycles. The average Bonchev–Trinajstić information content (AvgIpc) is 2.80. The van der Waals surface area contributed by atoms with E-state index < -0.39 is 34.5 Å². The number of benzene rings is 2. The molecule has 2 unspecified atom stereocenters. The van der Waals surface area contributed by atoms with Crippen LogP contribution < -0.4 is 9.62 Å². The molecule has 35 heavy (non-hydrogen) atoms. The number of anilines is 1. The fraction of sp³-hybridized carbons (Fsp3) is 0.417.